The molecule has 6 heteroatoms. The number of guanidine groups is 1. The first-order valence-electron chi connectivity index (χ1n) is 10.7. The van der Waals surface area contributed by atoms with Crippen molar-refractivity contribution >= 4 is 5.96 Å². The minimum absolute atomic E-state index is 0.0107. The molecule has 2 aromatic rings. The quantitative estimate of drug-likeness (QED) is 0.512. The van der Waals surface area contributed by atoms with Gasteiger partial charge in [-0.15, -0.1) is 0 Å². The van der Waals surface area contributed by atoms with Crippen LogP contribution >= 0.6 is 0 Å². The van der Waals surface area contributed by atoms with Crippen molar-refractivity contribution in [3.63, 3.8) is 0 Å². The summed E-state index contributed by atoms with van der Waals surface area (Å²) in [7, 11) is 1.77. The van der Waals surface area contributed by atoms with E-state index in [1.807, 2.05) is 25.1 Å². The Morgan fingerprint density at radius 1 is 1.13 bits per heavy atom. The lowest BCUT2D eigenvalue weighted by atomic mass is 9.74. The summed E-state index contributed by atoms with van der Waals surface area (Å²) in [6.45, 7) is 5.61. The first-order valence-corrected chi connectivity index (χ1v) is 10.7. The summed E-state index contributed by atoms with van der Waals surface area (Å²) in [6, 6.07) is 15.1. The van der Waals surface area contributed by atoms with Gasteiger partial charge in [0.2, 0.25) is 0 Å². The summed E-state index contributed by atoms with van der Waals surface area (Å²) in [4.78, 5) is 4.35. The number of hydrogen-bond acceptors (Lipinski definition) is 3. The average Bonchev–Trinajstić information content (AvgIpc) is 2.77. The van der Waals surface area contributed by atoms with Crippen molar-refractivity contribution in [2.24, 2.45) is 4.99 Å². The standard InChI is InChI=1S/C24H32FN3O2/c1-3-30-22-9-7-20(8-10-22)24(12-15-29-16-13-24)18-28-23(26-2)27-14-11-19-5-4-6-21(25)17-19/h4-10,17H,3,11-16,18H2,1-2H3,(H2,26,27,28). The highest BCUT2D eigenvalue weighted by Crippen LogP contribution is 2.35. The van der Waals surface area contributed by atoms with Crippen molar-refractivity contribution in [3.8, 4) is 5.75 Å². The van der Waals surface area contributed by atoms with Gasteiger partial charge in [-0.3, -0.25) is 4.99 Å². The summed E-state index contributed by atoms with van der Waals surface area (Å²) in [6.07, 6.45) is 2.64. The number of nitrogens with zero attached hydrogens (tertiary/aromatic N) is 1. The molecule has 0 atom stereocenters. The summed E-state index contributed by atoms with van der Waals surface area (Å²) >= 11 is 0. The van der Waals surface area contributed by atoms with Gasteiger partial charge in [0.15, 0.2) is 5.96 Å². The predicted molar refractivity (Wildman–Crippen MR) is 119 cm³/mol. The van der Waals surface area contributed by atoms with Crippen molar-refractivity contribution in [1.82, 2.24) is 10.6 Å². The number of halogens is 1. The van der Waals surface area contributed by atoms with Crippen molar-refractivity contribution < 1.29 is 13.9 Å². The first-order chi connectivity index (χ1) is 14.6. The van der Waals surface area contributed by atoms with Crippen molar-refractivity contribution in [3.05, 3.63) is 65.5 Å². The molecule has 0 aliphatic carbocycles. The van der Waals surface area contributed by atoms with Crippen LogP contribution in [0.4, 0.5) is 4.39 Å². The molecule has 1 aliphatic rings. The Labute approximate surface area is 178 Å². The van der Waals surface area contributed by atoms with Crippen LogP contribution in [0.25, 0.3) is 0 Å². The van der Waals surface area contributed by atoms with E-state index in [0.717, 1.165) is 56.3 Å². The number of benzene rings is 2. The molecule has 30 heavy (non-hydrogen) atoms. The molecule has 162 valence electrons. The number of aliphatic imine (C=N–C) groups is 1. The van der Waals surface area contributed by atoms with Gasteiger partial charge in [-0.2, -0.15) is 0 Å². The predicted octanol–water partition coefficient (Wildman–Crippen LogP) is 3.68. The van der Waals surface area contributed by atoms with Gasteiger partial charge in [0.25, 0.3) is 0 Å². The van der Waals surface area contributed by atoms with E-state index in [0.29, 0.717) is 13.2 Å². The molecule has 1 heterocycles. The van der Waals surface area contributed by atoms with Gasteiger partial charge in [0.1, 0.15) is 11.6 Å². The van der Waals surface area contributed by atoms with E-state index in [1.54, 1.807) is 19.2 Å². The van der Waals surface area contributed by atoms with E-state index in [2.05, 4.69) is 27.8 Å². The second kappa shape index (κ2) is 11.0. The zero-order valence-electron chi connectivity index (χ0n) is 17.9. The van der Waals surface area contributed by atoms with Gasteiger partial charge in [0, 0.05) is 38.8 Å². The van der Waals surface area contributed by atoms with Gasteiger partial charge in [-0.05, 0) is 61.6 Å². The lowest BCUT2D eigenvalue weighted by molar-refractivity contribution is 0.0513. The first kappa shape index (κ1) is 22.1. The SMILES string of the molecule is CCOc1ccc(C2(CNC(=NC)NCCc3cccc(F)c3)CCOCC2)cc1. The molecule has 0 radical (unpaired) electrons. The van der Waals surface area contributed by atoms with Crippen LogP contribution in [0.5, 0.6) is 5.75 Å². The fourth-order valence-electron chi connectivity index (χ4n) is 3.89. The number of nitrogens with one attached hydrogen (secondary N) is 2. The second-order valence-electron chi connectivity index (χ2n) is 7.58. The molecule has 3 rings (SSSR count). The van der Waals surface area contributed by atoms with E-state index in [1.165, 1.54) is 11.6 Å². The van der Waals surface area contributed by atoms with Gasteiger partial charge < -0.3 is 20.1 Å². The Hall–Kier alpha value is -2.60. The van der Waals surface area contributed by atoms with Crippen LogP contribution in [0, 0.1) is 5.82 Å². The molecule has 0 bridgehead atoms. The second-order valence-corrected chi connectivity index (χ2v) is 7.58. The number of ether oxygens (including phenoxy) is 2. The molecule has 0 unspecified atom stereocenters. The Morgan fingerprint density at radius 3 is 2.57 bits per heavy atom. The minimum Gasteiger partial charge on any atom is -0.494 e. The number of hydrogen-bond donors (Lipinski definition) is 2. The molecular weight excluding hydrogens is 381 g/mol. The summed E-state index contributed by atoms with van der Waals surface area (Å²) in [5.41, 5.74) is 2.24. The third-order valence-corrected chi connectivity index (χ3v) is 5.64. The van der Waals surface area contributed by atoms with E-state index in [-0.39, 0.29) is 11.2 Å². The van der Waals surface area contributed by atoms with Crippen LogP contribution in [0.1, 0.15) is 30.9 Å². The van der Waals surface area contributed by atoms with Crippen LogP contribution in [-0.2, 0) is 16.6 Å². The van der Waals surface area contributed by atoms with Crippen LogP contribution in [0.15, 0.2) is 53.5 Å². The van der Waals surface area contributed by atoms with E-state index >= 15 is 0 Å². The maximum absolute atomic E-state index is 13.3. The molecule has 1 saturated heterocycles. The Balaban J connectivity index is 1.60. The fraction of sp³-hybridized carbons (Fsp3) is 0.458. The smallest absolute Gasteiger partial charge is 0.191 e. The largest absolute Gasteiger partial charge is 0.494 e. The Morgan fingerprint density at radius 2 is 1.90 bits per heavy atom. The lowest BCUT2D eigenvalue weighted by Gasteiger charge is -2.38. The zero-order valence-corrected chi connectivity index (χ0v) is 17.9. The highest BCUT2D eigenvalue weighted by molar-refractivity contribution is 5.79. The zero-order chi connectivity index (χ0) is 21.2. The number of rotatable bonds is 8. The van der Waals surface area contributed by atoms with Gasteiger partial charge in [0.05, 0.1) is 6.61 Å². The molecule has 0 aromatic heterocycles. The molecule has 0 amide bonds. The molecule has 1 aliphatic heterocycles. The van der Waals surface area contributed by atoms with Crippen molar-refractivity contribution in [2.45, 2.75) is 31.6 Å². The highest BCUT2D eigenvalue weighted by Gasteiger charge is 2.34. The van der Waals surface area contributed by atoms with Crippen molar-refractivity contribution in [1.29, 1.82) is 0 Å². The van der Waals surface area contributed by atoms with Crippen LogP contribution in [0.2, 0.25) is 0 Å². The minimum atomic E-state index is -0.202. The summed E-state index contributed by atoms with van der Waals surface area (Å²) in [5.74, 6) is 1.45. The topological polar surface area (TPSA) is 54.9 Å². The molecule has 1 fully saturated rings. The molecular formula is C24H32FN3O2. The van der Waals surface area contributed by atoms with Gasteiger partial charge >= 0.3 is 0 Å². The maximum atomic E-state index is 13.3. The van der Waals surface area contributed by atoms with E-state index < -0.39 is 0 Å². The fourth-order valence-corrected chi connectivity index (χ4v) is 3.89. The molecule has 5 nitrogen and oxygen atoms in total. The summed E-state index contributed by atoms with van der Waals surface area (Å²) in [5, 5.41) is 6.83. The van der Waals surface area contributed by atoms with Gasteiger partial charge in [-0.25, -0.2) is 4.39 Å². The third kappa shape index (κ3) is 5.95. The monoisotopic (exact) mass is 413 g/mol. The van der Waals surface area contributed by atoms with Crippen LogP contribution < -0.4 is 15.4 Å². The summed E-state index contributed by atoms with van der Waals surface area (Å²) < 4.78 is 24.6. The third-order valence-electron chi connectivity index (χ3n) is 5.64. The Bertz CT molecular complexity index is 817. The molecule has 2 N–H and O–H groups in total. The Kier molecular flexibility index (Phi) is 8.08. The molecule has 0 saturated carbocycles. The van der Waals surface area contributed by atoms with Crippen LogP contribution in [0.3, 0.4) is 0 Å². The highest BCUT2D eigenvalue weighted by atomic mass is 19.1. The lowest BCUT2D eigenvalue weighted by Crippen LogP contribution is -2.48. The molecule has 2 aromatic carbocycles. The van der Waals surface area contributed by atoms with Crippen molar-refractivity contribution in [2.75, 3.05) is 40.0 Å². The van der Waals surface area contributed by atoms with E-state index in [4.69, 9.17) is 9.47 Å². The van der Waals surface area contributed by atoms with Gasteiger partial charge in [-0.1, -0.05) is 24.3 Å². The van der Waals surface area contributed by atoms with Crippen LogP contribution in [-0.4, -0.2) is 45.9 Å². The maximum Gasteiger partial charge on any atom is 0.191 e. The van der Waals surface area contributed by atoms with E-state index in [9.17, 15) is 4.39 Å². The molecule has 0 spiro atoms. The average molecular weight is 414 g/mol. The normalized spacial score (nSPS) is 16.2.